The zero-order valence-electron chi connectivity index (χ0n) is 23.8. The van der Waals surface area contributed by atoms with Crippen molar-refractivity contribution in [3.05, 3.63) is 59.7 Å². The smallest absolute Gasteiger partial charge is 0.435 e. The Morgan fingerprint density at radius 2 is 2.10 bits per heavy atom. The summed E-state index contributed by atoms with van der Waals surface area (Å²) < 4.78 is 28.7. The Morgan fingerprint density at radius 1 is 1.26 bits per heavy atom. The topological polar surface area (TPSA) is 142 Å². The Labute approximate surface area is 241 Å². The van der Waals surface area contributed by atoms with Gasteiger partial charge in [0.15, 0.2) is 6.23 Å². The van der Waals surface area contributed by atoms with E-state index < -0.39 is 18.2 Å². The molecule has 1 aliphatic heterocycles. The number of halogens is 1. The molecule has 3 aromatic heterocycles. The van der Waals surface area contributed by atoms with Crippen molar-refractivity contribution in [3.63, 3.8) is 0 Å². The summed E-state index contributed by atoms with van der Waals surface area (Å²) in [6, 6.07) is 7.96. The van der Waals surface area contributed by atoms with Crippen molar-refractivity contribution in [1.82, 2.24) is 40.3 Å². The van der Waals surface area contributed by atoms with E-state index in [2.05, 4.69) is 30.9 Å². The van der Waals surface area contributed by atoms with E-state index in [9.17, 15) is 9.59 Å². The number of carbonyl (C=O) groups is 2. The molecule has 0 bridgehead atoms. The average molecular weight is 578 g/mol. The van der Waals surface area contributed by atoms with Crippen molar-refractivity contribution in [3.8, 4) is 22.6 Å². The molecular formula is C28H32FN9O4. The number of pyridine rings is 1. The highest BCUT2D eigenvalue weighted by atomic mass is 19.1. The average Bonchev–Trinajstić information content (AvgIpc) is 3.61. The molecule has 0 aliphatic carbocycles. The molecule has 2 atom stereocenters. The molecule has 4 aromatic rings. The minimum absolute atomic E-state index is 0.120. The third-order valence-electron chi connectivity index (χ3n) is 7.09. The number of ether oxygens (including phenoxy) is 2. The summed E-state index contributed by atoms with van der Waals surface area (Å²) in [7, 11) is 1.66. The van der Waals surface area contributed by atoms with Crippen molar-refractivity contribution in [2.24, 2.45) is 7.05 Å². The van der Waals surface area contributed by atoms with E-state index in [0.29, 0.717) is 23.6 Å². The number of hydrogen-bond donors (Lipinski definition) is 1. The number of nitrogens with zero attached hydrogens (tertiary/aromatic N) is 8. The highest BCUT2D eigenvalue weighted by molar-refractivity contribution is 6.06. The van der Waals surface area contributed by atoms with Gasteiger partial charge in [0.1, 0.15) is 17.3 Å². The van der Waals surface area contributed by atoms with Crippen LogP contribution in [0.5, 0.6) is 0 Å². The lowest BCUT2D eigenvalue weighted by atomic mass is 10.0. The maximum Gasteiger partial charge on any atom is 0.510 e. The largest absolute Gasteiger partial charge is 0.510 e. The number of carbonyl (C=O) groups excluding carboxylic acids is 2. The predicted octanol–water partition coefficient (Wildman–Crippen LogP) is 3.67. The molecule has 0 spiro atoms. The van der Waals surface area contributed by atoms with Gasteiger partial charge in [-0.2, -0.15) is 9.78 Å². The Hall–Kier alpha value is -4.72. The van der Waals surface area contributed by atoms with Crippen molar-refractivity contribution in [2.45, 2.75) is 45.9 Å². The van der Waals surface area contributed by atoms with Crippen molar-refractivity contribution in [1.29, 1.82) is 0 Å². The maximum atomic E-state index is 15.9. The second kappa shape index (κ2) is 12.4. The summed E-state index contributed by atoms with van der Waals surface area (Å²) in [4.78, 5) is 31.9. The summed E-state index contributed by atoms with van der Waals surface area (Å²) in [5, 5.41) is 19.4. The number of benzene rings is 1. The first-order valence-corrected chi connectivity index (χ1v) is 13.7. The zero-order valence-corrected chi connectivity index (χ0v) is 23.8. The number of piperidine rings is 1. The lowest BCUT2D eigenvalue weighted by Crippen LogP contribution is -2.49. The van der Waals surface area contributed by atoms with Crippen LogP contribution in [0.3, 0.4) is 0 Å². The van der Waals surface area contributed by atoms with Crippen LogP contribution >= 0.6 is 0 Å². The molecule has 220 valence electrons. The molecular weight excluding hydrogens is 545 g/mol. The fourth-order valence-corrected chi connectivity index (χ4v) is 5.06. The molecule has 1 N–H and O–H groups in total. The second-order valence-corrected chi connectivity index (χ2v) is 9.89. The van der Waals surface area contributed by atoms with E-state index in [0.717, 1.165) is 24.9 Å². The van der Waals surface area contributed by atoms with E-state index in [1.807, 2.05) is 19.1 Å². The number of anilines is 1. The van der Waals surface area contributed by atoms with Crippen LogP contribution in [0, 0.1) is 12.7 Å². The van der Waals surface area contributed by atoms with Crippen LogP contribution in [0.25, 0.3) is 22.6 Å². The summed E-state index contributed by atoms with van der Waals surface area (Å²) in [6.45, 7) is 6.79. The van der Waals surface area contributed by atoms with Crippen LogP contribution in [0.2, 0.25) is 0 Å². The van der Waals surface area contributed by atoms with Crippen molar-refractivity contribution in [2.75, 3.05) is 24.6 Å². The van der Waals surface area contributed by atoms with Crippen LogP contribution in [0.4, 0.5) is 15.0 Å². The SMILES string of the molecule is CCOC(=O)O[C@@H](C)n1nnnc1-c1c(-c2ccc(C(=O)N(c3ncccc3C)[C@@H]3CCCNC3)cc2F)cnn1C. The van der Waals surface area contributed by atoms with Crippen LogP contribution < -0.4 is 10.2 Å². The molecule has 1 amide bonds. The number of rotatable bonds is 8. The molecule has 0 unspecified atom stereocenters. The van der Waals surface area contributed by atoms with Gasteiger partial charge in [-0.3, -0.25) is 14.4 Å². The molecule has 1 aromatic carbocycles. The molecule has 1 saturated heterocycles. The molecule has 13 nitrogen and oxygen atoms in total. The first kappa shape index (κ1) is 28.8. The number of nitrogens with one attached hydrogen (secondary N) is 1. The second-order valence-electron chi connectivity index (χ2n) is 9.89. The number of aryl methyl sites for hydroxylation is 2. The Kier molecular flexibility index (Phi) is 8.52. The quantitative estimate of drug-likeness (QED) is 0.308. The van der Waals surface area contributed by atoms with Gasteiger partial charge in [-0.25, -0.2) is 14.2 Å². The fourth-order valence-electron chi connectivity index (χ4n) is 5.06. The molecule has 0 radical (unpaired) electrons. The third kappa shape index (κ3) is 5.70. The lowest BCUT2D eigenvalue weighted by Gasteiger charge is -2.34. The Morgan fingerprint density at radius 3 is 2.81 bits per heavy atom. The van der Waals surface area contributed by atoms with Crippen molar-refractivity contribution >= 4 is 17.9 Å². The van der Waals surface area contributed by atoms with E-state index in [1.54, 1.807) is 44.1 Å². The summed E-state index contributed by atoms with van der Waals surface area (Å²) in [5.41, 5.74) is 2.02. The number of tetrazole rings is 1. The van der Waals surface area contributed by atoms with Crippen LogP contribution in [-0.4, -0.2) is 72.8 Å². The third-order valence-corrected chi connectivity index (χ3v) is 7.09. The first-order valence-electron chi connectivity index (χ1n) is 13.7. The Bertz CT molecular complexity index is 1580. The molecule has 14 heteroatoms. The van der Waals surface area contributed by atoms with Gasteiger partial charge < -0.3 is 14.8 Å². The lowest BCUT2D eigenvalue weighted by molar-refractivity contribution is 0.00140. The van der Waals surface area contributed by atoms with Gasteiger partial charge >= 0.3 is 6.16 Å². The van der Waals surface area contributed by atoms with Gasteiger partial charge in [0.25, 0.3) is 5.91 Å². The van der Waals surface area contributed by atoms with E-state index in [1.165, 1.54) is 21.6 Å². The van der Waals surface area contributed by atoms with Gasteiger partial charge in [-0.15, -0.1) is 5.10 Å². The van der Waals surface area contributed by atoms with Crippen LogP contribution in [0.15, 0.2) is 42.7 Å². The van der Waals surface area contributed by atoms with E-state index >= 15 is 4.39 Å². The normalized spacial score (nSPS) is 15.7. The summed E-state index contributed by atoms with van der Waals surface area (Å²) in [6.07, 6.45) is 3.07. The van der Waals surface area contributed by atoms with Gasteiger partial charge in [0, 0.05) is 36.5 Å². The minimum Gasteiger partial charge on any atom is -0.435 e. The molecule has 42 heavy (non-hydrogen) atoms. The first-order chi connectivity index (χ1) is 20.3. The summed E-state index contributed by atoms with van der Waals surface area (Å²) in [5.74, 6) is -0.204. The number of hydrogen-bond acceptors (Lipinski definition) is 10. The fraction of sp³-hybridized carbons (Fsp3) is 0.393. The van der Waals surface area contributed by atoms with Gasteiger partial charge in [-0.05, 0) is 74.3 Å². The van der Waals surface area contributed by atoms with Gasteiger partial charge in [-0.1, -0.05) is 12.1 Å². The zero-order chi connectivity index (χ0) is 29.8. The van der Waals surface area contributed by atoms with E-state index in [4.69, 9.17) is 9.47 Å². The molecule has 0 saturated carbocycles. The maximum absolute atomic E-state index is 15.9. The number of aromatic nitrogens is 7. The monoisotopic (exact) mass is 577 g/mol. The Balaban J connectivity index is 1.48. The molecule has 1 aliphatic rings. The predicted molar refractivity (Wildman–Crippen MR) is 150 cm³/mol. The highest BCUT2D eigenvalue weighted by Crippen LogP contribution is 2.34. The molecule has 4 heterocycles. The standard InChI is InChI=1S/C28H32FN9O4/c1-5-41-28(40)42-18(3)38-26(33-34-35-38)24-22(16-32-36(24)4)21-11-10-19(14-23(21)29)27(39)37(20-9-7-12-30-15-20)25-17(2)8-6-13-31-25/h6,8,10-11,13-14,16,18,20,30H,5,7,9,12,15H2,1-4H3/t18-,20+/m0/s1. The number of amides is 1. The van der Waals surface area contributed by atoms with Crippen LogP contribution in [-0.2, 0) is 16.5 Å². The minimum atomic E-state index is -0.919. The van der Waals surface area contributed by atoms with Crippen molar-refractivity contribution < 1.29 is 23.5 Å². The van der Waals surface area contributed by atoms with Gasteiger partial charge in [0.05, 0.1) is 18.8 Å². The van der Waals surface area contributed by atoms with E-state index in [-0.39, 0.29) is 35.5 Å². The highest BCUT2D eigenvalue weighted by Gasteiger charge is 2.31. The van der Waals surface area contributed by atoms with Crippen LogP contribution in [0.1, 0.15) is 48.8 Å². The van der Waals surface area contributed by atoms with Gasteiger partial charge in [0.2, 0.25) is 5.82 Å². The molecule has 1 fully saturated rings. The molecule has 5 rings (SSSR count). The summed E-state index contributed by atoms with van der Waals surface area (Å²) >= 11 is 0.